The minimum Gasteiger partial charge on any atom is -0.312 e. The fourth-order valence-electron chi connectivity index (χ4n) is 1.53. The Bertz CT molecular complexity index is 388. The molecule has 17 heavy (non-hydrogen) atoms. The van der Waals surface area contributed by atoms with Crippen molar-refractivity contribution in [1.29, 1.82) is 0 Å². The number of rotatable bonds is 4. The second-order valence-corrected chi connectivity index (χ2v) is 5.39. The SMILES string of the molecule is Cc1ccc(F)c(C=CCCNC(C)(C)C)c1. The molecule has 0 bridgehead atoms. The van der Waals surface area contributed by atoms with Crippen LogP contribution in [0.5, 0.6) is 0 Å². The summed E-state index contributed by atoms with van der Waals surface area (Å²) in [6, 6.07) is 5.17. The van der Waals surface area contributed by atoms with Crippen molar-refractivity contribution in [1.82, 2.24) is 5.32 Å². The lowest BCUT2D eigenvalue weighted by atomic mass is 10.1. The first-order valence-corrected chi connectivity index (χ1v) is 6.06. The van der Waals surface area contributed by atoms with Crippen LogP contribution in [0.4, 0.5) is 4.39 Å². The number of hydrogen-bond donors (Lipinski definition) is 1. The van der Waals surface area contributed by atoms with Crippen LogP contribution in [0.25, 0.3) is 6.08 Å². The highest BCUT2D eigenvalue weighted by Gasteiger charge is 2.06. The molecule has 0 unspecified atom stereocenters. The Balaban J connectivity index is 2.46. The van der Waals surface area contributed by atoms with Crippen LogP contribution < -0.4 is 5.32 Å². The molecule has 1 nitrogen and oxygen atoms in total. The first-order chi connectivity index (χ1) is 7.88. The van der Waals surface area contributed by atoms with Gasteiger partial charge >= 0.3 is 0 Å². The summed E-state index contributed by atoms with van der Waals surface area (Å²) >= 11 is 0. The molecular formula is C15H22FN. The molecule has 0 spiro atoms. The zero-order valence-electron chi connectivity index (χ0n) is 11.2. The molecule has 2 heteroatoms. The molecule has 1 rings (SSSR count). The van der Waals surface area contributed by atoms with E-state index in [1.54, 1.807) is 6.07 Å². The van der Waals surface area contributed by atoms with Gasteiger partial charge in [0, 0.05) is 11.1 Å². The van der Waals surface area contributed by atoms with Gasteiger partial charge in [0.25, 0.3) is 0 Å². The van der Waals surface area contributed by atoms with Gasteiger partial charge in [0.2, 0.25) is 0 Å². The Hall–Kier alpha value is -1.15. The van der Waals surface area contributed by atoms with Gasteiger partial charge in [-0.2, -0.15) is 0 Å². The highest BCUT2D eigenvalue weighted by Crippen LogP contribution is 2.12. The van der Waals surface area contributed by atoms with Gasteiger partial charge in [0.15, 0.2) is 0 Å². The van der Waals surface area contributed by atoms with Gasteiger partial charge in [0.1, 0.15) is 5.82 Å². The van der Waals surface area contributed by atoms with E-state index in [2.05, 4.69) is 26.1 Å². The van der Waals surface area contributed by atoms with Crippen LogP contribution in [-0.4, -0.2) is 12.1 Å². The summed E-state index contributed by atoms with van der Waals surface area (Å²) in [5, 5.41) is 3.39. The third-order valence-corrected chi connectivity index (χ3v) is 2.42. The lowest BCUT2D eigenvalue weighted by molar-refractivity contribution is 0.431. The summed E-state index contributed by atoms with van der Waals surface area (Å²) < 4.78 is 13.4. The summed E-state index contributed by atoms with van der Waals surface area (Å²) in [6.07, 6.45) is 4.77. The summed E-state index contributed by atoms with van der Waals surface area (Å²) in [6.45, 7) is 9.29. The number of benzene rings is 1. The number of halogens is 1. The highest BCUT2D eigenvalue weighted by atomic mass is 19.1. The lowest BCUT2D eigenvalue weighted by Gasteiger charge is -2.19. The predicted molar refractivity (Wildman–Crippen MR) is 72.5 cm³/mol. The highest BCUT2D eigenvalue weighted by molar-refractivity contribution is 5.51. The second kappa shape index (κ2) is 5.97. The molecule has 1 N–H and O–H groups in total. The number of nitrogens with one attached hydrogen (secondary N) is 1. The van der Waals surface area contributed by atoms with E-state index in [1.165, 1.54) is 6.07 Å². The van der Waals surface area contributed by atoms with Crippen molar-refractivity contribution in [2.75, 3.05) is 6.54 Å². The van der Waals surface area contributed by atoms with Crippen molar-refractivity contribution in [2.24, 2.45) is 0 Å². The fraction of sp³-hybridized carbons (Fsp3) is 0.467. The molecule has 0 amide bonds. The van der Waals surface area contributed by atoms with Crippen LogP contribution in [0.1, 0.15) is 38.3 Å². The Kier molecular flexibility index (Phi) is 4.88. The third kappa shape index (κ3) is 5.64. The molecule has 0 aliphatic carbocycles. The Morgan fingerprint density at radius 2 is 2.00 bits per heavy atom. The van der Waals surface area contributed by atoms with E-state index in [0.717, 1.165) is 18.5 Å². The smallest absolute Gasteiger partial charge is 0.130 e. The second-order valence-electron chi connectivity index (χ2n) is 5.39. The molecule has 0 saturated heterocycles. The Labute approximate surface area is 104 Å². The van der Waals surface area contributed by atoms with Crippen LogP contribution >= 0.6 is 0 Å². The molecule has 0 fully saturated rings. The first kappa shape index (κ1) is 13.9. The lowest BCUT2D eigenvalue weighted by Crippen LogP contribution is -2.36. The first-order valence-electron chi connectivity index (χ1n) is 6.06. The van der Waals surface area contributed by atoms with E-state index in [1.807, 2.05) is 25.1 Å². The summed E-state index contributed by atoms with van der Waals surface area (Å²) in [7, 11) is 0. The zero-order chi connectivity index (χ0) is 12.9. The quantitative estimate of drug-likeness (QED) is 0.780. The summed E-state index contributed by atoms with van der Waals surface area (Å²) in [5.41, 5.74) is 1.89. The van der Waals surface area contributed by atoms with Gasteiger partial charge in [-0.05, 0) is 52.8 Å². The molecular weight excluding hydrogens is 213 g/mol. The topological polar surface area (TPSA) is 12.0 Å². The Morgan fingerprint density at radius 1 is 1.29 bits per heavy atom. The molecule has 1 aromatic rings. The van der Waals surface area contributed by atoms with Gasteiger partial charge in [-0.15, -0.1) is 0 Å². The maximum absolute atomic E-state index is 13.4. The average Bonchev–Trinajstić information content (AvgIpc) is 2.21. The molecule has 1 aromatic carbocycles. The molecule has 0 heterocycles. The number of aryl methyl sites for hydroxylation is 1. The van der Waals surface area contributed by atoms with Crippen molar-refractivity contribution in [3.63, 3.8) is 0 Å². The van der Waals surface area contributed by atoms with Gasteiger partial charge in [-0.25, -0.2) is 4.39 Å². The van der Waals surface area contributed by atoms with Crippen LogP contribution in [0.15, 0.2) is 24.3 Å². The molecule has 0 atom stereocenters. The van der Waals surface area contributed by atoms with Crippen molar-refractivity contribution in [3.8, 4) is 0 Å². The van der Waals surface area contributed by atoms with Crippen molar-refractivity contribution in [2.45, 2.75) is 39.7 Å². The largest absolute Gasteiger partial charge is 0.312 e. The maximum atomic E-state index is 13.4. The minimum atomic E-state index is -0.157. The molecule has 0 aliphatic heterocycles. The summed E-state index contributed by atoms with van der Waals surface area (Å²) in [4.78, 5) is 0. The Morgan fingerprint density at radius 3 is 2.65 bits per heavy atom. The van der Waals surface area contributed by atoms with Crippen LogP contribution in [0.3, 0.4) is 0 Å². The average molecular weight is 235 g/mol. The van der Waals surface area contributed by atoms with E-state index in [9.17, 15) is 4.39 Å². The molecule has 0 aliphatic rings. The van der Waals surface area contributed by atoms with E-state index in [4.69, 9.17) is 0 Å². The molecule has 0 radical (unpaired) electrons. The van der Waals surface area contributed by atoms with E-state index < -0.39 is 0 Å². The van der Waals surface area contributed by atoms with Crippen LogP contribution in [0, 0.1) is 12.7 Å². The van der Waals surface area contributed by atoms with E-state index in [-0.39, 0.29) is 11.4 Å². The van der Waals surface area contributed by atoms with Crippen LogP contribution in [-0.2, 0) is 0 Å². The van der Waals surface area contributed by atoms with Gasteiger partial charge < -0.3 is 5.32 Å². The zero-order valence-corrected chi connectivity index (χ0v) is 11.2. The predicted octanol–water partition coefficient (Wildman–Crippen LogP) is 3.93. The van der Waals surface area contributed by atoms with E-state index in [0.29, 0.717) is 5.56 Å². The third-order valence-electron chi connectivity index (χ3n) is 2.42. The normalized spacial score (nSPS) is 12.3. The monoisotopic (exact) mass is 235 g/mol. The van der Waals surface area contributed by atoms with Gasteiger partial charge in [0.05, 0.1) is 0 Å². The number of hydrogen-bond acceptors (Lipinski definition) is 1. The fourth-order valence-corrected chi connectivity index (χ4v) is 1.53. The molecule has 0 aromatic heterocycles. The van der Waals surface area contributed by atoms with E-state index >= 15 is 0 Å². The van der Waals surface area contributed by atoms with Crippen molar-refractivity contribution in [3.05, 3.63) is 41.2 Å². The van der Waals surface area contributed by atoms with Crippen LogP contribution in [0.2, 0.25) is 0 Å². The van der Waals surface area contributed by atoms with Crippen molar-refractivity contribution >= 4 is 6.08 Å². The molecule has 0 saturated carbocycles. The summed E-state index contributed by atoms with van der Waals surface area (Å²) in [5.74, 6) is -0.157. The minimum absolute atomic E-state index is 0.141. The van der Waals surface area contributed by atoms with Crippen molar-refractivity contribution < 1.29 is 4.39 Å². The standard InChI is InChI=1S/C15H22FN/c1-12-8-9-14(16)13(11-12)7-5-6-10-17-15(2,3)4/h5,7-9,11,17H,6,10H2,1-4H3. The molecule has 94 valence electrons. The van der Waals surface area contributed by atoms with Gasteiger partial charge in [-0.3, -0.25) is 0 Å². The van der Waals surface area contributed by atoms with Gasteiger partial charge in [-0.1, -0.05) is 23.8 Å². The maximum Gasteiger partial charge on any atom is 0.130 e.